The van der Waals surface area contributed by atoms with Gasteiger partial charge in [0.1, 0.15) is 6.26 Å². The number of esters is 1. The molecule has 17 heavy (non-hydrogen) atoms. The van der Waals surface area contributed by atoms with Gasteiger partial charge in [-0.2, -0.15) is 4.98 Å². The van der Waals surface area contributed by atoms with Crippen LogP contribution in [0.5, 0.6) is 0 Å². The number of rotatable bonds is 6. The molecule has 0 aliphatic heterocycles. The number of hydrogen-bond acceptors (Lipinski definition) is 6. The number of oxazole rings is 1. The fraction of sp³-hybridized carbons (Fsp3) is 0.600. The Morgan fingerprint density at radius 2 is 2.41 bits per heavy atom. The Hall–Kier alpha value is -1.37. The Balaban J connectivity index is 2.56. The SMILES string of the molecule is CCOC(=O)c1coc(NC(C)CS(C)=O)n1. The van der Waals surface area contributed by atoms with Crippen molar-refractivity contribution in [3.63, 3.8) is 0 Å². The molecule has 0 saturated heterocycles. The molecular weight excluding hydrogens is 244 g/mol. The van der Waals surface area contributed by atoms with Gasteiger partial charge in [0.2, 0.25) is 0 Å². The number of anilines is 1. The van der Waals surface area contributed by atoms with Gasteiger partial charge < -0.3 is 14.5 Å². The standard InChI is InChI=1S/C10H16N2O4S/c1-4-15-9(13)8-5-16-10(12-8)11-7(2)6-17(3)14/h5,7H,4,6H2,1-3H3,(H,11,12). The van der Waals surface area contributed by atoms with Gasteiger partial charge in [-0.3, -0.25) is 4.21 Å². The molecule has 1 N–H and O–H groups in total. The normalized spacial score (nSPS) is 14.1. The molecule has 0 aliphatic rings. The zero-order valence-corrected chi connectivity index (χ0v) is 10.9. The van der Waals surface area contributed by atoms with E-state index in [9.17, 15) is 9.00 Å². The zero-order valence-electron chi connectivity index (χ0n) is 10.1. The number of nitrogens with zero attached hydrogens (tertiary/aromatic N) is 1. The molecule has 1 heterocycles. The van der Waals surface area contributed by atoms with E-state index in [1.165, 1.54) is 6.26 Å². The Labute approximate surface area is 102 Å². The largest absolute Gasteiger partial charge is 0.461 e. The van der Waals surface area contributed by atoms with Crippen LogP contribution in [0.3, 0.4) is 0 Å². The zero-order chi connectivity index (χ0) is 12.8. The van der Waals surface area contributed by atoms with E-state index in [1.54, 1.807) is 13.2 Å². The highest BCUT2D eigenvalue weighted by Crippen LogP contribution is 2.10. The summed E-state index contributed by atoms with van der Waals surface area (Å²) >= 11 is 0. The van der Waals surface area contributed by atoms with Crippen molar-refractivity contribution in [2.75, 3.05) is 23.9 Å². The van der Waals surface area contributed by atoms with E-state index in [-0.39, 0.29) is 17.8 Å². The van der Waals surface area contributed by atoms with Crippen molar-refractivity contribution >= 4 is 22.8 Å². The second-order valence-electron chi connectivity index (χ2n) is 3.54. The maximum atomic E-state index is 11.3. The average molecular weight is 260 g/mol. The fourth-order valence-electron chi connectivity index (χ4n) is 1.24. The summed E-state index contributed by atoms with van der Waals surface area (Å²) in [4.78, 5) is 15.2. The molecule has 0 aliphatic carbocycles. The van der Waals surface area contributed by atoms with Crippen LogP contribution in [-0.2, 0) is 15.5 Å². The van der Waals surface area contributed by atoms with Gasteiger partial charge in [0, 0.05) is 28.9 Å². The lowest BCUT2D eigenvalue weighted by atomic mass is 10.4. The van der Waals surface area contributed by atoms with Crippen LogP contribution in [0.25, 0.3) is 0 Å². The Kier molecular flexibility index (Phi) is 5.14. The van der Waals surface area contributed by atoms with Crippen LogP contribution < -0.4 is 5.32 Å². The third-order valence-electron chi connectivity index (χ3n) is 1.84. The molecule has 0 aromatic carbocycles. The number of aromatic nitrogens is 1. The predicted octanol–water partition coefficient (Wildman–Crippen LogP) is 1.03. The molecule has 0 bridgehead atoms. The molecule has 0 fully saturated rings. The van der Waals surface area contributed by atoms with Gasteiger partial charge in [-0.15, -0.1) is 0 Å². The summed E-state index contributed by atoms with van der Waals surface area (Å²) in [6.45, 7) is 3.87. The second kappa shape index (κ2) is 6.39. The molecule has 96 valence electrons. The second-order valence-corrected chi connectivity index (χ2v) is 5.02. The minimum atomic E-state index is -0.898. The summed E-state index contributed by atoms with van der Waals surface area (Å²) in [7, 11) is -0.898. The summed E-state index contributed by atoms with van der Waals surface area (Å²) < 4.78 is 20.8. The van der Waals surface area contributed by atoms with E-state index >= 15 is 0 Å². The number of carbonyl (C=O) groups excluding carboxylic acids is 1. The Bertz CT molecular complexity index is 405. The first kappa shape index (κ1) is 13.7. The molecule has 2 unspecified atom stereocenters. The van der Waals surface area contributed by atoms with E-state index < -0.39 is 16.8 Å². The lowest BCUT2D eigenvalue weighted by molar-refractivity contribution is 0.0519. The lowest BCUT2D eigenvalue weighted by Crippen LogP contribution is -2.22. The van der Waals surface area contributed by atoms with Gasteiger partial charge in [-0.1, -0.05) is 0 Å². The van der Waals surface area contributed by atoms with Crippen molar-refractivity contribution in [1.82, 2.24) is 4.98 Å². The first-order valence-electron chi connectivity index (χ1n) is 5.22. The first-order chi connectivity index (χ1) is 8.02. The minimum Gasteiger partial charge on any atom is -0.461 e. The van der Waals surface area contributed by atoms with E-state index in [4.69, 9.17) is 9.15 Å². The maximum Gasteiger partial charge on any atom is 0.360 e. The fourth-order valence-corrected chi connectivity index (χ4v) is 2.03. The third-order valence-corrected chi connectivity index (χ3v) is 2.81. The Morgan fingerprint density at radius 3 is 3.00 bits per heavy atom. The predicted molar refractivity (Wildman–Crippen MR) is 64.5 cm³/mol. The van der Waals surface area contributed by atoms with Crippen molar-refractivity contribution in [2.45, 2.75) is 19.9 Å². The summed E-state index contributed by atoms with van der Waals surface area (Å²) in [6.07, 6.45) is 2.85. The molecule has 1 aromatic rings. The summed E-state index contributed by atoms with van der Waals surface area (Å²) in [5, 5.41) is 2.91. The van der Waals surface area contributed by atoms with Crippen LogP contribution in [0.1, 0.15) is 24.3 Å². The van der Waals surface area contributed by atoms with Gasteiger partial charge in [0.05, 0.1) is 6.61 Å². The molecule has 0 amide bonds. The topological polar surface area (TPSA) is 81.4 Å². The van der Waals surface area contributed by atoms with E-state index in [0.717, 1.165) is 0 Å². The molecule has 0 radical (unpaired) electrons. The van der Waals surface area contributed by atoms with Gasteiger partial charge in [-0.05, 0) is 13.8 Å². The number of hydrogen-bond donors (Lipinski definition) is 1. The minimum absolute atomic E-state index is 0.0467. The highest BCUT2D eigenvalue weighted by molar-refractivity contribution is 7.84. The van der Waals surface area contributed by atoms with Crippen molar-refractivity contribution in [1.29, 1.82) is 0 Å². The van der Waals surface area contributed by atoms with Gasteiger partial charge >= 0.3 is 5.97 Å². The van der Waals surface area contributed by atoms with Crippen LogP contribution in [0.15, 0.2) is 10.7 Å². The van der Waals surface area contributed by atoms with Crippen molar-refractivity contribution in [2.24, 2.45) is 0 Å². The van der Waals surface area contributed by atoms with Gasteiger partial charge in [-0.25, -0.2) is 4.79 Å². The lowest BCUT2D eigenvalue weighted by Gasteiger charge is -2.09. The number of carbonyl (C=O) groups is 1. The van der Waals surface area contributed by atoms with Crippen LogP contribution in [0.2, 0.25) is 0 Å². The summed E-state index contributed by atoms with van der Waals surface area (Å²) in [5.41, 5.74) is 0.124. The molecular formula is C10H16N2O4S. The monoisotopic (exact) mass is 260 g/mol. The average Bonchev–Trinajstić information content (AvgIpc) is 2.65. The molecule has 1 aromatic heterocycles. The summed E-state index contributed by atoms with van der Waals surface area (Å²) in [6, 6.07) is 0.181. The third kappa shape index (κ3) is 4.56. The number of ether oxygens (including phenoxy) is 1. The first-order valence-corrected chi connectivity index (χ1v) is 6.94. The van der Waals surface area contributed by atoms with Gasteiger partial charge in [0.15, 0.2) is 5.69 Å². The van der Waals surface area contributed by atoms with Crippen molar-refractivity contribution in [3.8, 4) is 0 Å². The highest BCUT2D eigenvalue weighted by Gasteiger charge is 2.14. The van der Waals surface area contributed by atoms with E-state index in [0.29, 0.717) is 12.4 Å². The molecule has 0 spiro atoms. The van der Waals surface area contributed by atoms with Crippen LogP contribution in [0, 0.1) is 0 Å². The maximum absolute atomic E-state index is 11.3. The van der Waals surface area contributed by atoms with E-state index in [1.807, 2.05) is 6.92 Å². The smallest absolute Gasteiger partial charge is 0.360 e. The van der Waals surface area contributed by atoms with Crippen LogP contribution in [0.4, 0.5) is 6.01 Å². The number of nitrogens with one attached hydrogen (secondary N) is 1. The molecule has 7 heteroatoms. The van der Waals surface area contributed by atoms with Gasteiger partial charge in [0.25, 0.3) is 6.01 Å². The van der Waals surface area contributed by atoms with E-state index in [2.05, 4.69) is 10.3 Å². The quantitative estimate of drug-likeness (QED) is 0.769. The van der Waals surface area contributed by atoms with Crippen molar-refractivity contribution < 1.29 is 18.2 Å². The Morgan fingerprint density at radius 1 is 1.71 bits per heavy atom. The van der Waals surface area contributed by atoms with Crippen LogP contribution in [-0.4, -0.2) is 39.8 Å². The highest BCUT2D eigenvalue weighted by atomic mass is 32.2. The molecule has 1 rings (SSSR count). The van der Waals surface area contributed by atoms with Crippen LogP contribution >= 0.6 is 0 Å². The molecule has 0 saturated carbocycles. The van der Waals surface area contributed by atoms with Crippen molar-refractivity contribution in [3.05, 3.63) is 12.0 Å². The molecule has 2 atom stereocenters. The molecule has 6 nitrogen and oxygen atoms in total. The summed E-state index contributed by atoms with van der Waals surface area (Å²) in [5.74, 6) is -0.0343.